The fraction of sp³-hybridized carbons (Fsp3) is 0.222. The number of hydrogen-bond acceptors (Lipinski definition) is 3. The van der Waals surface area contributed by atoms with E-state index < -0.39 is 0 Å². The van der Waals surface area contributed by atoms with Crippen LogP contribution in [0, 0.1) is 0 Å². The summed E-state index contributed by atoms with van der Waals surface area (Å²) in [6, 6.07) is 26.7. The summed E-state index contributed by atoms with van der Waals surface area (Å²) in [5, 5.41) is 8.40. The van der Waals surface area contributed by atoms with Crippen molar-refractivity contribution < 1.29 is 14.4 Å². The molecule has 3 aromatic carbocycles. The number of anilines is 1. The maximum atomic E-state index is 12.8. The van der Waals surface area contributed by atoms with E-state index in [1.165, 1.54) is 0 Å². The summed E-state index contributed by atoms with van der Waals surface area (Å²) >= 11 is 0. The minimum atomic E-state index is -0.230. The molecule has 0 atom stereocenters. The molecule has 0 saturated heterocycles. The summed E-state index contributed by atoms with van der Waals surface area (Å²) in [5.74, 6) is -0.430. The molecule has 3 aromatic rings. The smallest absolute Gasteiger partial charge is 0.251 e. The summed E-state index contributed by atoms with van der Waals surface area (Å²) in [6.45, 7) is 2.51. The average molecular weight is 444 g/mol. The van der Waals surface area contributed by atoms with Crippen molar-refractivity contribution in [3.8, 4) is 0 Å². The van der Waals surface area contributed by atoms with Crippen LogP contribution in [-0.2, 0) is 9.59 Å². The van der Waals surface area contributed by atoms with E-state index in [0.717, 1.165) is 11.1 Å². The van der Waals surface area contributed by atoms with Crippen molar-refractivity contribution >= 4 is 23.4 Å². The molecule has 6 heteroatoms. The second-order valence-electron chi connectivity index (χ2n) is 7.66. The number of hydrogen-bond donors (Lipinski definition) is 3. The Bertz CT molecular complexity index is 1010. The van der Waals surface area contributed by atoms with Crippen molar-refractivity contribution in [2.24, 2.45) is 0 Å². The van der Waals surface area contributed by atoms with Gasteiger partial charge in [-0.3, -0.25) is 14.4 Å². The van der Waals surface area contributed by atoms with E-state index in [1.807, 2.05) is 60.7 Å². The number of carbonyl (C=O) groups is 3. The Hall–Kier alpha value is -3.93. The lowest BCUT2D eigenvalue weighted by Gasteiger charge is -2.18. The van der Waals surface area contributed by atoms with Gasteiger partial charge in [0.1, 0.15) is 0 Å². The summed E-state index contributed by atoms with van der Waals surface area (Å²) in [6.07, 6.45) is 0.721. The maximum absolute atomic E-state index is 12.8. The molecule has 3 N–H and O–H groups in total. The van der Waals surface area contributed by atoms with Gasteiger partial charge in [-0.15, -0.1) is 0 Å². The van der Waals surface area contributed by atoms with Crippen LogP contribution in [0.2, 0.25) is 0 Å². The zero-order chi connectivity index (χ0) is 23.5. The molecule has 0 aromatic heterocycles. The summed E-state index contributed by atoms with van der Waals surface area (Å²) in [7, 11) is 0. The Morgan fingerprint density at radius 1 is 0.697 bits per heavy atom. The fourth-order valence-electron chi connectivity index (χ4n) is 3.51. The van der Waals surface area contributed by atoms with Crippen LogP contribution >= 0.6 is 0 Å². The molecular formula is C27H29N3O3. The molecule has 0 saturated carbocycles. The van der Waals surface area contributed by atoms with Crippen LogP contribution in [0.15, 0.2) is 84.9 Å². The highest BCUT2D eigenvalue weighted by Gasteiger charge is 2.18. The molecule has 33 heavy (non-hydrogen) atoms. The monoisotopic (exact) mass is 443 g/mol. The van der Waals surface area contributed by atoms with Gasteiger partial charge >= 0.3 is 0 Å². The van der Waals surface area contributed by atoms with Crippen LogP contribution in [0.4, 0.5) is 5.69 Å². The Kier molecular flexibility index (Phi) is 8.77. The highest BCUT2D eigenvalue weighted by molar-refractivity contribution is 5.96. The van der Waals surface area contributed by atoms with Gasteiger partial charge in [0.25, 0.3) is 5.91 Å². The first kappa shape index (κ1) is 23.7. The van der Waals surface area contributed by atoms with Crippen LogP contribution < -0.4 is 16.0 Å². The molecule has 0 heterocycles. The lowest BCUT2D eigenvalue weighted by Crippen LogP contribution is -2.34. The largest absolute Gasteiger partial charge is 0.354 e. The quantitative estimate of drug-likeness (QED) is 0.412. The molecule has 0 radical (unpaired) electrons. The molecule has 0 aliphatic rings. The number of amides is 3. The third-order valence-corrected chi connectivity index (χ3v) is 5.28. The second-order valence-corrected chi connectivity index (χ2v) is 7.66. The summed E-state index contributed by atoms with van der Waals surface area (Å²) < 4.78 is 0. The zero-order valence-corrected chi connectivity index (χ0v) is 18.7. The third kappa shape index (κ3) is 7.31. The summed E-state index contributed by atoms with van der Waals surface area (Å²) in [5.41, 5.74) is 3.29. The molecule has 0 fully saturated rings. The molecule has 0 spiro atoms. The van der Waals surface area contributed by atoms with Gasteiger partial charge < -0.3 is 16.0 Å². The zero-order valence-electron chi connectivity index (χ0n) is 18.7. The van der Waals surface area contributed by atoms with Gasteiger partial charge in [-0.2, -0.15) is 0 Å². The van der Waals surface area contributed by atoms with Gasteiger partial charge in [-0.25, -0.2) is 0 Å². The normalized spacial score (nSPS) is 10.5. The lowest BCUT2D eigenvalue weighted by molar-refractivity contribution is -0.120. The van der Waals surface area contributed by atoms with E-state index in [2.05, 4.69) is 16.0 Å². The number of benzene rings is 3. The number of nitrogens with one attached hydrogen (secondary N) is 3. The van der Waals surface area contributed by atoms with Crippen molar-refractivity contribution in [2.75, 3.05) is 18.4 Å². The average Bonchev–Trinajstić information content (AvgIpc) is 2.86. The minimum Gasteiger partial charge on any atom is -0.354 e. The third-order valence-electron chi connectivity index (χ3n) is 5.28. The molecule has 0 unspecified atom stereocenters. The molecule has 3 amide bonds. The van der Waals surface area contributed by atoms with E-state index in [0.29, 0.717) is 37.2 Å². The highest BCUT2D eigenvalue weighted by atomic mass is 16.2. The van der Waals surface area contributed by atoms with E-state index in [-0.39, 0.29) is 23.6 Å². The van der Waals surface area contributed by atoms with Crippen LogP contribution in [0.25, 0.3) is 0 Å². The molecular weight excluding hydrogens is 414 g/mol. The van der Waals surface area contributed by atoms with Crippen LogP contribution in [0.3, 0.4) is 0 Å². The van der Waals surface area contributed by atoms with Crippen LogP contribution in [-0.4, -0.2) is 30.8 Å². The Morgan fingerprint density at radius 2 is 1.24 bits per heavy atom. The van der Waals surface area contributed by atoms with Crippen LogP contribution in [0.5, 0.6) is 0 Å². The van der Waals surface area contributed by atoms with Crippen molar-refractivity contribution in [3.63, 3.8) is 0 Å². The van der Waals surface area contributed by atoms with E-state index in [4.69, 9.17) is 0 Å². The minimum absolute atomic E-state index is 0.0499. The predicted molar refractivity (Wildman–Crippen MR) is 130 cm³/mol. The summed E-state index contributed by atoms with van der Waals surface area (Å²) in [4.78, 5) is 36.3. The Morgan fingerprint density at radius 3 is 1.79 bits per heavy atom. The number of carbonyl (C=O) groups excluding carboxylic acids is 3. The second kappa shape index (κ2) is 12.2. The van der Waals surface area contributed by atoms with Crippen LogP contribution in [0.1, 0.15) is 47.2 Å². The van der Waals surface area contributed by atoms with Crippen molar-refractivity contribution in [3.05, 3.63) is 102 Å². The molecule has 3 rings (SSSR count). The Labute approximate surface area is 194 Å². The van der Waals surface area contributed by atoms with E-state index in [1.54, 1.807) is 31.2 Å². The first-order chi connectivity index (χ1) is 16.1. The van der Waals surface area contributed by atoms with Gasteiger partial charge in [0.15, 0.2) is 0 Å². The molecule has 0 aliphatic heterocycles. The SMILES string of the molecule is CCC(=O)NCCNC(=O)c1ccc(NC(=O)CC(c2ccccc2)c2ccccc2)cc1. The van der Waals surface area contributed by atoms with Gasteiger partial charge in [-0.05, 0) is 35.4 Å². The standard InChI is InChI=1S/C27H29N3O3/c1-2-25(31)28-17-18-29-27(33)22-13-15-23(16-14-22)30-26(32)19-24(20-9-5-3-6-10-20)21-11-7-4-8-12-21/h3-16,24H,2,17-19H2,1H3,(H,28,31)(H,29,33)(H,30,32). The van der Waals surface area contributed by atoms with Gasteiger partial charge in [-0.1, -0.05) is 67.6 Å². The molecule has 0 bridgehead atoms. The van der Waals surface area contributed by atoms with Gasteiger partial charge in [0, 0.05) is 43.1 Å². The highest BCUT2D eigenvalue weighted by Crippen LogP contribution is 2.28. The molecule has 170 valence electrons. The Balaban J connectivity index is 1.57. The molecule has 6 nitrogen and oxygen atoms in total. The fourth-order valence-corrected chi connectivity index (χ4v) is 3.51. The predicted octanol–water partition coefficient (Wildman–Crippen LogP) is 4.10. The first-order valence-corrected chi connectivity index (χ1v) is 11.1. The first-order valence-electron chi connectivity index (χ1n) is 11.1. The van der Waals surface area contributed by atoms with Gasteiger partial charge in [0.2, 0.25) is 11.8 Å². The van der Waals surface area contributed by atoms with E-state index >= 15 is 0 Å². The number of rotatable bonds is 10. The topological polar surface area (TPSA) is 87.3 Å². The van der Waals surface area contributed by atoms with E-state index in [9.17, 15) is 14.4 Å². The van der Waals surface area contributed by atoms with Crippen molar-refractivity contribution in [2.45, 2.75) is 25.7 Å². The van der Waals surface area contributed by atoms with Gasteiger partial charge in [0.05, 0.1) is 0 Å². The van der Waals surface area contributed by atoms with Crippen molar-refractivity contribution in [1.29, 1.82) is 0 Å². The maximum Gasteiger partial charge on any atom is 0.251 e. The lowest BCUT2D eigenvalue weighted by atomic mass is 9.88. The molecule has 0 aliphatic carbocycles. The van der Waals surface area contributed by atoms with Crippen molar-refractivity contribution in [1.82, 2.24) is 10.6 Å².